The number of thiophene rings is 1. The van der Waals surface area contributed by atoms with Crippen molar-refractivity contribution in [2.45, 2.75) is 44.7 Å². The first-order chi connectivity index (χ1) is 8.25. The smallest absolute Gasteiger partial charge is 0.359 e. The number of hydrogen-bond donors (Lipinski definition) is 1. The van der Waals surface area contributed by atoms with Crippen LogP contribution in [0.15, 0.2) is 15.9 Å². The second-order valence-corrected chi connectivity index (χ2v) is 5.84. The van der Waals surface area contributed by atoms with E-state index in [1.54, 1.807) is 11.4 Å². The fourth-order valence-electron chi connectivity index (χ4n) is 1.37. The first-order valence-corrected chi connectivity index (χ1v) is 7.14. The molecule has 0 aliphatic rings. The molecule has 0 spiro atoms. The number of nitrogens with two attached hydrogens (primary N) is 1. The van der Waals surface area contributed by atoms with Gasteiger partial charge in [-0.3, -0.25) is 0 Å². The van der Waals surface area contributed by atoms with E-state index in [0.717, 1.165) is 11.4 Å². The maximum absolute atomic E-state index is 12.5. The van der Waals surface area contributed by atoms with Crippen LogP contribution in [0.1, 0.15) is 31.2 Å². The van der Waals surface area contributed by atoms with Crippen LogP contribution in [0.2, 0.25) is 0 Å². The predicted molar refractivity (Wildman–Crippen MR) is 69.6 cm³/mol. The highest BCUT2D eigenvalue weighted by Gasteiger charge is 2.39. The fourth-order valence-corrected chi connectivity index (χ4v) is 2.92. The molecule has 0 bridgehead atoms. The summed E-state index contributed by atoms with van der Waals surface area (Å²) >= 11 is 4.60. The lowest BCUT2D eigenvalue weighted by Crippen LogP contribution is -2.36. The molecule has 2 nitrogen and oxygen atoms in total. The molecule has 0 fully saturated rings. The van der Waals surface area contributed by atoms with Crippen LogP contribution in [0.5, 0.6) is 0 Å². The van der Waals surface area contributed by atoms with Crippen molar-refractivity contribution in [3.8, 4) is 0 Å². The number of alkyl halides is 3. The van der Waals surface area contributed by atoms with Gasteiger partial charge in [0.15, 0.2) is 6.10 Å². The van der Waals surface area contributed by atoms with E-state index in [4.69, 9.17) is 10.5 Å². The van der Waals surface area contributed by atoms with Gasteiger partial charge in [0.1, 0.15) is 6.10 Å². The molecule has 2 N–H and O–H groups in total. The highest BCUT2D eigenvalue weighted by Crippen LogP contribution is 2.34. The molecule has 1 aromatic rings. The van der Waals surface area contributed by atoms with Crippen LogP contribution < -0.4 is 5.73 Å². The van der Waals surface area contributed by atoms with Crippen LogP contribution >= 0.6 is 27.3 Å². The van der Waals surface area contributed by atoms with E-state index < -0.39 is 24.4 Å². The third kappa shape index (κ3) is 4.22. The van der Waals surface area contributed by atoms with E-state index in [2.05, 4.69) is 15.9 Å². The molecule has 0 radical (unpaired) electrons. The number of ether oxygens (including phenoxy) is 1. The molecule has 0 aromatic carbocycles. The molecule has 1 aromatic heterocycles. The predicted octanol–water partition coefficient (Wildman–Crippen LogP) is 4.26. The Morgan fingerprint density at radius 3 is 2.50 bits per heavy atom. The Balaban J connectivity index is 2.86. The Labute approximate surface area is 116 Å². The van der Waals surface area contributed by atoms with Gasteiger partial charge in [0, 0.05) is 20.8 Å². The van der Waals surface area contributed by atoms with Gasteiger partial charge in [-0.05, 0) is 35.3 Å². The molecule has 7 heteroatoms. The van der Waals surface area contributed by atoms with Crippen molar-refractivity contribution in [2.75, 3.05) is 0 Å². The molecular formula is C11H15BrF3NOS. The second-order valence-electron chi connectivity index (χ2n) is 3.98. The van der Waals surface area contributed by atoms with E-state index >= 15 is 0 Å². The van der Waals surface area contributed by atoms with Gasteiger partial charge >= 0.3 is 6.18 Å². The summed E-state index contributed by atoms with van der Waals surface area (Å²) < 4.78 is 43.5. The molecule has 0 aliphatic carbocycles. The molecule has 18 heavy (non-hydrogen) atoms. The van der Waals surface area contributed by atoms with E-state index in [1.165, 1.54) is 11.3 Å². The van der Waals surface area contributed by atoms with Crippen molar-refractivity contribution in [3.05, 3.63) is 20.8 Å². The summed E-state index contributed by atoms with van der Waals surface area (Å²) in [6.07, 6.45) is -6.39. The van der Waals surface area contributed by atoms with Crippen LogP contribution in [0.4, 0.5) is 13.2 Å². The van der Waals surface area contributed by atoms with Crippen molar-refractivity contribution in [3.63, 3.8) is 0 Å². The van der Waals surface area contributed by atoms with Crippen molar-refractivity contribution < 1.29 is 17.9 Å². The summed E-state index contributed by atoms with van der Waals surface area (Å²) in [7, 11) is 0. The molecular weight excluding hydrogens is 331 g/mol. The summed E-state index contributed by atoms with van der Waals surface area (Å²) in [5, 5.41) is 1.80. The monoisotopic (exact) mass is 345 g/mol. The fraction of sp³-hybridized carbons (Fsp3) is 0.636. The molecule has 0 aliphatic heterocycles. The average molecular weight is 346 g/mol. The minimum Gasteiger partial charge on any atom is -0.359 e. The lowest BCUT2D eigenvalue weighted by atomic mass is 10.1. The van der Waals surface area contributed by atoms with Crippen LogP contribution in [-0.4, -0.2) is 18.3 Å². The Hall–Kier alpha value is -0.110. The molecule has 3 unspecified atom stereocenters. The van der Waals surface area contributed by atoms with Crippen LogP contribution in [0.25, 0.3) is 0 Å². The Bertz CT molecular complexity index is 383. The Morgan fingerprint density at radius 2 is 2.11 bits per heavy atom. The van der Waals surface area contributed by atoms with Gasteiger partial charge in [-0.1, -0.05) is 6.92 Å². The summed E-state index contributed by atoms with van der Waals surface area (Å²) in [6.45, 7) is 2.82. The maximum atomic E-state index is 12.5. The van der Waals surface area contributed by atoms with Gasteiger partial charge in [-0.25, -0.2) is 0 Å². The summed E-state index contributed by atoms with van der Waals surface area (Å²) in [6, 6.07) is 1.29. The Kier molecular flexibility index (Phi) is 5.64. The second kappa shape index (κ2) is 6.36. The summed E-state index contributed by atoms with van der Waals surface area (Å²) in [5.74, 6) is 0. The number of halogens is 4. The molecule has 1 heterocycles. The Morgan fingerprint density at radius 1 is 1.50 bits per heavy atom. The summed E-state index contributed by atoms with van der Waals surface area (Å²) in [4.78, 5) is 0.701. The van der Waals surface area contributed by atoms with Crippen molar-refractivity contribution >= 4 is 27.3 Å². The molecule has 1 rings (SSSR count). The molecule has 3 atom stereocenters. The van der Waals surface area contributed by atoms with Crippen LogP contribution in [0.3, 0.4) is 0 Å². The quantitative estimate of drug-likeness (QED) is 0.865. The SMILES string of the molecule is CCC(N)C(OC(C)C(F)(F)F)c1cc(Br)cs1. The third-order valence-corrected chi connectivity index (χ3v) is 4.30. The first kappa shape index (κ1) is 15.9. The van der Waals surface area contributed by atoms with Crippen molar-refractivity contribution in [2.24, 2.45) is 5.73 Å². The number of rotatable bonds is 5. The normalized spacial score (nSPS) is 17.5. The lowest BCUT2D eigenvalue weighted by molar-refractivity contribution is -0.229. The topological polar surface area (TPSA) is 35.2 Å². The zero-order valence-electron chi connectivity index (χ0n) is 10.00. The molecule has 0 amide bonds. The molecule has 0 saturated heterocycles. The van der Waals surface area contributed by atoms with Crippen molar-refractivity contribution in [1.29, 1.82) is 0 Å². The van der Waals surface area contributed by atoms with Gasteiger partial charge in [-0.2, -0.15) is 13.2 Å². The first-order valence-electron chi connectivity index (χ1n) is 5.47. The minimum atomic E-state index is -4.37. The van der Waals surface area contributed by atoms with E-state index in [0.29, 0.717) is 11.3 Å². The van der Waals surface area contributed by atoms with Gasteiger partial charge in [-0.15, -0.1) is 11.3 Å². The largest absolute Gasteiger partial charge is 0.414 e. The van der Waals surface area contributed by atoms with Gasteiger partial charge in [0.25, 0.3) is 0 Å². The maximum Gasteiger partial charge on any atom is 0.414 e. The van der Waals surface area contributed by atoms with Gasteiger partial charge < -0.3 is 10.5 Å². The van der Waals surface area contributed by atoms with Gasteiger partial charge in [0.05, 0.1) is 0 Å². The number of hydrogen-bond acceptors (Lipinski definition) is 3. The summed E-state index contributed by atoms with van der Waals surface area (Å²) in [5.41, 5.74) is 5.85. The standard InChI is InChI=1S/C11H15BrF3NOS/c1-3-8(16)10(9-4-7(12)5-18-9)17-6(2)11(13,14)15/h4-6,8,10H,3,16H2,1-2H3. The minimum absolute atomic E-state index is 0.458. The lowest BCUT2D eigenvalue weighted by Gasteiger charge is -2.27. The zero-order chi connectivity index (χ0) is 13.9. The van der Waals surface area contributed by atoms with Crippen molar-refractivity contribution in [1.82, 2.24) is 0 Å². The van der Waals surface area contributed by atoms with E-state index in [-0.39, 0.29) is 0 Å². The zero-order valence-corrected chi connectivity index (χ0v) is 12.4. The molecule has 104 valence electrons. The third-order valence-electron chi connectivity index (χ3n) is 2.54. The highest BCUT2D eigenvalue weighted by atomic mass is 79.9. The van der Waals surface area contributed by atoms with E-state index in [9.17, 15) is 13.2 Å². The van der Waals surface area contributed by atoms with Gasteiger partial charge in [0.2, 0.25) is 0 Å². The highest BCUT2D eigenvalue weighted by molar-refractivity contribution is 9.10. The van der Waals surface area contributed by atoms with E-state index in [1.807, 2.05) is 6.92 Å². The molecule has 0 saturated carbocycles. The van der Waals surface area contributed by atoms with Crippen LogP contribution in [0, 0.1) is 0 Å². The average Bonchev–Trinajstić information content (AvgIpc) is 2.69. The van der Waals surface area contributed by atoms with Crippen LogP contribution in [-0.2, 0) is 4.74 Å².